The molecule has 1 aliphatic rings. The number of ketones is 1. The van der Waals surface area contributed by atoms with Gasteiger partial charge in [-0.1, -0.05) is 57.3 Å². The van der Waals surface area contributed by atoms with Crippen molar-refractivity contribution in [1.29, 1.82) is 0 Å². The summed E-state index contributed by atoms with van der Waals surface area (Å²) in [6.07, 6.45) is 5.64. The molecule has 0 aliphatic carbocycles. The summed E-state index contributed by atoms with van der Waals surface area (Å²) in [4.78, 5) is 18.7. The van der Waals surface area contributed by atoms with E-state index in [1.54, 1.807) is 65.6 Å². The van der Waals surface area contributed by atoms with Gasteiger partial charge >= 0.3 is 0 Å². The van der Waals surface area contributed by atoms with Crippen molar-refractivity contribution in [3.63, 3.8) is 0 Å². The summed E-state index contributed by atoms with van der Waals surface area (Å²) in [6.45, 7) is 0.868. The first-order valence-corrected chi connectivity index (χ1v) is 14.4. The summed E-state index contributed by atoms with van der Waals surface area (Å²) in [5, 5.41) is 14.3. The molecule has 2 aromatic carbocycles. The van der Waals surface area contributed by atoms with Gasteiger partial charge in [0.05, 0.1) is 23.7 Å². The molecule has 5 aromatic rings. The Labute approximate surface area is 256 Å². The Morgan fingerprint density at radius 3 is 2.62 bits per heavy atom. The SMILES string of the molecule is O=C(c1nnn(Cc2cc(Cl)cc(Cl)c2)c1-c1cccnc1)c1c(COC2CCCCO2)noc1-c1ccccc1Cl. The van der Waals surface area contributed by atoms with Crippen LogP contribution < -0.4 is 0 Å². The first kappa shape index (κ1) is 28.5. The van der Waals surface area contributed by atoms with Crippen LogP contribution in [0.15, 0.2) is 71.5 Å². The highest BCUT2D eigenvalue weighted by Crippen LogP contribution is 2.35. The van der Waals surface area contributed by atoms with Gasteiger partial charge < -0.3 is 14.0 Å². The van der Waals surface area contributed by atoms with Gasteiger partial charge in [-0.15, -0.1) is 5.10 Å². The molecule has 214 valence electrons. The lowest BCUT2D eigenvalue weighted by molar-refractivity contribution is -0.169. The third kappa shape index (κ3) is 6.11. The lowest BCUT2D eigenvalue weighted by Crippen LogP contribution is -2.22. The minimum atomic E-state index is -0.455. The number of nitrogens with zero attached hydrogens (tertiary/aromatic N) is 5. The van der Waals surface area contributed by atoms with E-state index in [1.165, 1.54) is 0 Å². The van der Waals surface area contributed by atoms with Crippen molar-refractivity contribution < 1.29 is 18.8 Å². The predicted molar refractivity (Wildman–Crippen MR) is 158 cm³/mol. The van der Waals surface area contributed by atoms with Crippen LogP contribution in [0.25, 0.3) is 22.6 Å². The van der Waals surface area contributed by atoms with Gasteiger partial charge in [-0.25, -0.2) is 4.68 Å². The van der Waals surface area contributed by atoms with Crippen LogP contribution in [0.2, 0.25) is 15.1 Å². The molecule has 1 atom stereocenters. The summed E-state index contributed by atoms with van der Waals surface area (Å²) >= 11 is 19.0. The average molecular weight is 625 g/mol. The number of carbonyl (C=O) groups is 1. The van der Waals surface area contributed by atoms with Gasteiger partial charge in [-0.05, 0) is 67.3 Å². The Bertz CT molecular complexity index is 1700. The van der Waals surface area contributed by atoms with E-state index >= 15 is 0 Å². The Balaban J connectivity index is 1.44. The number of carbonyl (C=O) groups excluding carboxylic acids is 1. The van der Waals surface area contributed by atoms with Gasteiger partial charge in [0.25, 0.3) is 0 Å². The number of ether oxygens (including phenoxy) is 2. The van der Waals surface area contributed by atoms with Crippen LogP contribution in [0.3, 0.4) is 0 Å². The number of pyridine rings is 1. The third-order valence-corrected chi connectivity index (χ3v) is 7.56. The van der Waals surface area contributed by atoms with E-state index < -0.39 is 12.1 Å². The smallest absolute Gasteiger partial charge is 0.221 e. The van der Waals surface area contributed by atoms with E-state index in [0.717, 1.165) is 24.8 Å². The highest BCUT2D eigenvalue weighted by atomic mass is 35.5. The molecular weight excluding hydrogens is 601 g/mol. The van der Waals surface area contributed by atoms with Crippen LogP contribution in [0.1, 0.15) is 46.6 Å². The van der Waals surface area contributed by atoms with Crippen LogP contribution in [0.4, 0.5) is 0 Å². The van der Waals surface area contributed by atoms with Crippen LogP contribution in [0, 0.1) is 0 Å². The molecule has 3 aromatic heterocycles. The molecule has 42 heavy (non-hydrogen) atoms. The third-order valence-electron chi connectivity index (χ3n) is 6.79. The first-order valence-electron chi connectivity index (χ1n) is 13.3. The van der Waals surface area contributed by atoms with Gasteiger partial charge in [-0.2, -0.15) is 0 Å². The molecule has 0 amide bonds. The highest BCUT2D eigenvalue weighted by molar-refractivity contribution is 6.34. The summed E-state index contributed by atoms with van der Waals surface area (Å²) < 4.78 is 19.1. The Morgan fingerprint density at radius 1 is 1.05 bits per heavy atom. The second kappa shape index (κ2) is 12.7. The number of aromatic nitrogens is 5. The van der Waals surface area contributed by atoms with Crippen LogP contribution in [0.5, 0.6) is 0 Å². The van der Waals surface area contributed by atoms with Crippen molar-refractivity contribution in [2.24, 2.45) is 0 Å². The van der Waals surface area contributed by atoms with E-state index in [2.05, 4.69) is 20.5 Å². The van der Waals surface area contributed by atoms with Gasteiger partial charge in [0, 0.05) is 40.2 Å². The number of hydrogen-bond acceptors (Lipinski definition) is 8. The molecule has 9 nitrogen and oxygen atoms in total. The number of halogens is 3. The second-order valence-electron chi connectivity index (χ2n) is 9.71. The van der Waals surface area contributed by atoms with Gasteiger partial charge in [0.1, 0.15) is 11.4 Å². The average Bonchev–Trinajstić information content (AvgIpc) is 3.61. The Hall–Kier alpha value is -3.60. The Morgan fingerprint density at radius 2 is 1.88 bits per heavy atom. The largest absolute Gasteiger partial charge is 0.355 e. The van der Waals surface area contributed by atoms with E-state index in [4.69, 9.17) is 48.8 Å². The maximum absolute atomic E-state index is 14.4. The lowest BCUT2D eigenvalue weighted by Gasteiger charge is -2.22. The molecule has 0 radical (unpaired) electrons. The molecule has 1 saturated heterocycles. The molecule has 0 saturated carbocycles. The van der Waals surface area contributed by atoms with Crippen molar-refractivity contribution in [1.82, 2.24) is 25.1 Å². The zero-order chi connectivity index (χ0) is 29.1. The lowest BCUT2D eigenvalue weighted by atomic mass is 9.99. The molecule has 6 rings (SSSR count). The maximum atomic E-state index is 14.4. The second-order valence-corrected chi connectivity index (χ2v) is 11.0. The fourth-order valence-corrected chi connectivity index (χ4v) is 5.65. The summed E-state index contributed by atoms with van der Waals surface area (Å²) in [7, 11) is 0. The number of rotatable bonds is 9. The van der Waals surface area contributed by atoms with E-state index in [-0.39, 0.29) is 30.2 Å². The predicted octanol–water partition coefficient (Wildman–Crippen LogP) is 7.28. The maximum Gasteiger partial charge on any atom is 0.221 e. The molecule has 0 spiro atoms. The van der Waals surface area contributed by atoms with Gasteiger partial charge in [0.2, 0.25) is 5.78 Å². The zero-order valence-corrected chi connectivity index (χ0v) is 24.4. The van der Waals surface area contributed by atoms with Crippen molar-refractivity contribution in [3.05, 3.63) is 105 Å². The van der Waals surface area contributed by atoms with Crippen molar-refractivity contribution in [2.45, 2.75) is 38.7 Å². The fourth-order valence-electron chi connectivity index (χ4n) is 4.86. The van der Waals surface area contributed by atoms with Gasteiger partial charge in [-0.3, -0.25) is 9.78 Å². The summed E-state index contributed by atoms with van der Waals surface area (Å²) in [6, 6.07) is 15.9. The topological polar surface area (TPSA) is 105 Å². The van der Waals surface area contributed by atoms with Gasteiger partial charge in [0.15, 0.2) is 17.7 Å². The molecule has 0 bridgehead atoms. The van der Waals surface area contributed by atoms with E-state index in [9.17, 15) is 4.79 Å². The minimum Gasteiger partial charge on any atom is -0.355 e. The first-order chi connectivity index (χ1) is 20.5. The van der Waals surface area contributed by atoms with Crippen LogP contribution in [-0.4, -0.2) is 43.8 Å². The molecule has 1 fully saturated rings. The van der Waals surface area contributed by atoms with E-state index in [1.807, 2.05) is 6.07 Å². The fraction of sp³-hybridized carbons (Fsp3) is 0.233. The van der Waals surface area contributed by atoms with Crippen LogP contribution >= 0.6 is 34.8 Å². The molecule has 12 heteroatoms. The molecule has 4 heterocycles. The van der Waals surface area contributed by atoms with Crippen molar-refractivity contribution in [2.75, 3.05) is 6.61 Å². The standard InChI is InChI=1S/C30H24Cl3N5O4/c31-20-12-18(13-21(32)14-20)16-38-28(19-6-5-10-34-15-19)27(35-37-38)29(39)26-24(17-41-25-9-3-4-11-40-25)36-42-30(26)22-7-1-2-8-23(22)33/h1-2,5-8,10,12-15,25H,3-4,9,11,16-17H2. The number of hydrogen-bond donors (Lipinski definition) is 0. The monoisotopic (exact) mass is 623 g/mol. The van der Waals surface area contributed by atoms with Crippen molar-refractivity contribution >= 4 is 40.6 Å². The summed E-state index contributed by atoms with van der Waals surface area (Å²) in [5.41, 5.74) is 2.96. The Kier molecular flexibility index (Phi) is 8.64. The zero-order valence-electron chi connectivity index (χ0n) is 22.2. The molecule has 1 unspecified atom stereocenters. The molecular formula is C30H24Cl3N5O4. The molecule has 1 aliphatic heterocycles. The van der Waals surface area contributed by atoms with Crippen LogP contribution in [-0.2, 0) is 22.6 Å². The molecule has 0 N–H and O–H groups in total. The number of benzene rings is 2. The minimum absolute atomic E-state index is 0.00291. The van der Waals surface area contributed by atoms with E-state index in [0.29, 0.717) is 44.2 Å². The quantitative estimate of drug-likeness (QED) is 0.158. The van der Waals surface area contributed by atoms with Crippen molar-refractivity contribution in [3.8, 4) is 22.6 Å². The summed E-state index contributed by atoms with van der Waals surface area (Å²) in [5.74, 6) is -0.245. The normalized spacial score (nSPS) is 15.2. The highest BCUT2D eigenvalue weighted by Gasteiger charge is 2.32.